The fourth-order valence-electron chi connectivity index (χ4n) is 6.61. The van der Waals surface area contributed by atoms with Crippen molar-refractivity contribution < 1.29 is 15.0 Å². The van der Waals surface area contributed by atoms with Gasteiger partial charge in [-0.1, -0.05) is 33.6 Å². The minimum Gasteiger partial charge on any atom is -0.393 e. The Kier molecular flexibility index (Phi) is 4.90. The van der Waals surface area contributed by atoms with E-state index in [1.807, 2.05) is 0 Å². The smallest absolute Gasteiger partial charge is 0.133 e. The molecule has 0 saturated heterocycles. The second-order valence-electron chi connectivity index (χ2n) is 9.52. The SMILES string of the molecule is CCCC[C@H]1[C@](C)([C@@H]2CCC(=O)C2)CCC2(O)C[C@@H](O)CC[C@]12C. The fourth-order valence-corrected chi connectivity index (χ4v) is 6.61. The highest BCUT2D eigenvalue weighted by molar-refractivity contribution is 5.80. The van der Waals surface area contributed by atoms with Crippen LogP contribution in [0.5, 0.6) is 0 Å². The molecular weight excluding hydrogens is 300 g/mol. The molecule has 1 unspecified atom stereocenters. The molecule has 3 heteroatoms. The van der Waals surface area contributed by atoms with Crippen LogP contribution in [0.4, 0.5) is 0 Å². The largest absolute Gasteiger partial charge is 0.393 e. The molecule has 0 aromatic rings. The van der Waals surface area contributed by atoms with Crippen molar-refractivity contribution in [3.8, 4) is 0 Å². The molecule has 0 heterocycles. The maximum Gasteiger partial charge on any atom is 0.133 e. The van der Waals surface area contributed by atoms with E-state index in [1.165, 1.54) is 12.8 Å². The average Bonchev–Trinajstić information content (AvgIpc) is 2.96. The molecule has 0 aliphatic heterocycles. The average molecular weight is 337 g/mol. The van der Waals surface area contributed by atoms with Gasteiger partial charge < -0.3 is 10.2 Å². The molecule has 0 aromatic carbocycles. The number of hydrogen-bond acceptors (Lipinski definition) is 3. The van der Waals surface area contributed by atoms with E-state index < -0.39 is 5.60 Å². The van der Waals surface area contributed by atoms with Crippen molar-refractivity contribution in [3.63, 3.8) is 0 Å². The van der Waals surface area contributed by atoms with Crippen molar-refractivity contribution in [2.24, 2.45) is 22.7 Å². The van der Waals surface area contributed by atoms with E-state index in [0.29, 0.717) is 24.0 Å². The van der Waals surface area contributed by atoms with Crippen LogP contribution < -0.4 is 0 Å². The predicted octanol–water partition coefficient (Wildman–Crippen LogP) is 4.24. The van der Waals surface area contributed by atoms with Crippen LogP contribution >= 0.6 is 0 Å². The van der Waals surface area contributed by atoms with Crippen LogP contribution in [0, 0.1) is 22.7 Å². The lowest BCUT2D eigenvalue weighted by atomic mass is 9.43. The number of aliphatic hydroxyl groups is 2. The van der Waals surface area contributed by atoms with Crippen LogP contribution in [0.15, 0.2) is 0 Å². The van der Waals surface area contributed by atoms with Crippen LogP contribution in [0.3, 0.4) is 0 Å². The Hall–Kier alpha value is -0.410. The molecule has 3 aliphatic carbocycles. The Morgan fingerprint density at radius 2 is 1.92 bits per heavy atom. The zero-order chi connectivity index (χ0) is 17.6. The van der Waals surface area contributed by atoms with Crippen molar-refractivity contribution in [1.29, 1.82) is 0 Å². The predicted molar refractivity (Wildman–Crippen MR) is 95.6 cm³/mol. The van der Waals surface area contributed by atoms with E-state index in [-0.39, 0.29) is 16.9 Å². The number of aliphatic hydroxyl groups excluding tert-OH is 1. The van der Waals surface area contributed by atoms with Gasteiger partial charge in [0.05, 0.1) is 11.7 Å². The number of hydrogen-bond donors (Lipinski definition) is 2. The summed E-state index contributed by atoms with van der Waals surface area (Å²) in [6.45, 7) is 6.93. The lowest BCUT2D eigenvalue weighted by Crippen LogP contribution is -2.63. The third-order valence-electron chi connectivity index (χ3n) is 8.30. The first-order valence-corrected chi connectivity index (χ1v) is 10.2. The number of ketones is 1. The highest BCUT2D eigenvalue weighted by Gasteiger charge is 2.63. The summed E-state index contributed by atoms with van der Waals surface area (Å²) in [5.41, 5.74) is -0.699. The first-order valence-electron chi connectivity index (χ1n) is 10.2. The molecule has 24 heavy (non-hydrogen) atoms. The number of carbonyl (C=O) groups is 1. The highest BCUT2D eigenvalue weighted by atomic mass is 16.3. The molecule has 3 aliphatic rings. The van der Waals surface area contributed by atoms with E-state index in [0.717, 1.165) is 51.4 Å². The zero-order valence-electron chi connectivity index (χ0n) is 15.8. The molecule has 0 aromatic heterocycles. The van der Waals surface area contributed by atoms with Crippen LogP contribution in [0.25, 0.3) is 0 Å². The number of unbranched alkanes of at least 4 members (excludes halogenated alkanes) is 1. The molecule has 3 nitrogen and oxygen atoms in total. The summed E-state index contributed by atoms with van der Waals surface area (Å²) < 4.78 is 0. The number of Topliss-reactive ketones (excluding diaryl/α,β-unsaturated/α-hetero) is 1. The summed E-state index contributed by atoms with van der Waals surface area (Å²) >= 11 is 0. The van der Waals surface area contributed by atoms with E-state index in [2.05, 4.69) is 20.8 Å². The zero-order valence-corrected chi connectivity index (χ0v) is 15.8. The van der Waals surface area contributed by atoms with Gasteiger partial charge in [-0.05, 0) is 61.2 Å². The monoisotopic (exact) mass is 336 g/mol. The number of rotatable bonds is 4. The second kappa shape index (κ2) is 6.39. The van der Waals surface area contributed by atoms with Crippen LogP contribution in [-0.4, -0.2) is 27.7 Å². The highest BCUT2D eigenvalue weighted by Crippen LogP contribution is 2.65. The van der Waals surface area contributed by atoms with E-state index in [1.54, 1.807) is 0 Å². The quantitative estimate of drug-likeness (QED) is 0.807. The van der Waals surface area contributed by atoms with Crippen molar-refractivity contribution in [2.45, 2.75) is 103 Å². The number of fused-ring (bicyclic) bond motifs is 1. The summed E-state index contributed by atoms with van der Waals surface area (Å²) in [4.78, 5) is 11.9. The summed E-state index contributed by atoms with van der Waals surface area (Å²) in [7, 11) is 0. The molecule has 0 radical (unpaired) electrons. The topological polar surface area (TPSA) is 57.5 Å². The Labute approximate surface area is 147 Å². The molecule has 3 fully saturated rings. The standard InChI is InChI=1S/C21H36O3/c1-4-5-6-18-19(2,15-7-8-16(22)13-15)11-12-21(24)14-17(23)9-10-20(18,21)3/h15,17-18,23-24H,4-14H2,1-3H3/t15-,17+,18+,19+,20-,21?/m1/s1. The first-order chi connectivity index (χ1) is 11.2. The van der Waals surface area contributed by atoms with Gasteiger partial charge in [0.1, 0.15) is 5.78 Å². The third-order valence-corrected chi connectivity index (χ3v) is 8.30. The molecule has 2 N–H and O–H groups in total. The molecule has 0 bridgehead atoms. The first kappa shape index (κ1) is 18.4. The normalized spacial score (nSPS) is 49.2. The lowest BCUT2D eigenvalue weighted by molar-refractivity contribution is -0.226. The van der Waals surface area contributed by atoms with Gasteiger partial charge in [0.2, 0.25) is 0 Å². The lowest BCUT2D eigenvalue weighted by Gasteiger charge is -2.64. The Balaban J connectivity index is 1.95. The number of carbonyl (C=O) groups excluding carboxylic acids is 1. The fraction of sp³-hybridized carbons (Fsp3) is 0.952. The van der Waals surface area contributed by atoms with Crippen molar-refractivity contribution in [3.05, 3.63) is 0 Å². The maximum atomic E-state index is 11.9. The third kappa shape index (κ3) is 2.76. The van der Waals surface area contributed by atoms with Gasteiger partial charge in [-0.3, -0.25) is 4.79 Å². The summed E-state index contributed by atoms with van der Waals surface area (Å²) in [6.07, 6.45) is 9.72. The summed E-state index contributed by atoms with van der Waals surface area (Å²) in [5, 5.41) is 21.7. The molecule has 3 rings (SSSR count). The van der Waals surface area contributed by atoms with Gasteiger partial charge >= 0.3 is 0 Å². The molecule has 3 saturated carbocycles. The minimum atomic E-state index is -0.731. The van der Waals surface area contributed by atoms with E-state index in [9.17, 15) is 15.0 Å². The van der Waals surface area contributed by atoms with E-state index >= 15 is 0 Å². The van der Waals surface area contributed by atoms with Crippen LogP contribution in [0.2, 0.25) is 0 Å². The van der Waals surface area contributed by atoms with Crippen molar-refractivity contribution in [2.75, 3.05) is 0 Å². The molecule has 0 spiro atoms. The molecular formula is C21H36O3. The van der Waals surface area contributed by atoms with Crippen LogP contribution in [-0.2, 0) is 4.79 Å². The van der Waals surface area contributed by atoms with Gasteiger partial charge in [0.15, 0.2) is 0 Å². The Morgan fingerprint density at radius 1 is 1.17 bits per heavy atom. The second-order valence-corrected chi connectivity index (χ2v) is 9.52. The van der Waals surface area contributed by atoms with Crippen LogP contribution in [0.1, 0.15) is 91.4 Å². The van der Waals surface area contributed by atoms with Gasteiger partial charge in [-0.2, -0.15) is 0 Å². The van der Waals surface area contributed by atoms with Gasteiger partial charge in [-0.15, -0.1) is 0 Å². The van der Waals surface area contributed by atoms with Gasteiger partial charge in [-0.25, -0.2) is 0 Å². The van der Waals surface area contributed by atoms with Crippen molar-refractivity contribution >= 4 is 5.78 Å². The summed E-state index contributed by atoms with van der Waals surface area (Å²) in [5.74, 6) is 1.37. The molecule has 6 atom stereocenters. The van der Waals surface area contributed by atoms with Gasteiger partial charge in [0, 0.05) is 19.3 Å². The Bertz CT molecular complexity index is 489. The maximum absolute atomic E-state index is 11.9. The summed E-state index contributed by atoms with van der Waals surface area (Å²) in [6, 6.07) is 0. The molecule has 138 valence electrons. The minimum absolute atomic E-state index is 0.125. The Morgan fingerprint density at radius 3 is 2.54 bits per heavy atom. The van der Waals surface area contributed by atoms with Gasteiger partial charge in [0.25, 0.3) is 0 Å². The molecule has 0 amide bonds. The van der Waals surface area contributed by atoms with E-state index in [4.69, 9.17) is 0 Å². The van der Waals surface area contributed by atoms with Crippen molar-refractivity contribution in [1.82, 2.24) is 0 Å².